The van der Waals surface area contributed by atoms with Crippen LogP contribution < -0.4 is 9.47 Å². The first kappa shape index (κ1) is 14.8. The summed E-state index contributed by atoms with van der Waals surface area (Å²) in [6.45, 7) is 2.62. The van der Waals surface area contributed by atoms with Crippen molar-refractivity contribution in [2.45, 2.75) is 11.8 Å². The largest absolute Gasteiger partial charge is 0.493 e. The first-order valence-electron chi connectivity index (χ1n) is 5.61. The van der Waals surface area contributed by atoms with Crippen molar-refractivity contribution >= 4 is 21.8 Å². The molecule has 1 aromatic carbocycles. The highest BCUT2D eigenvalue weighted by Crippen LogP contribution is 2.31. The maximum atomic E-state index is 12.3. The number of para-hydroxylation sites is 1. The topological polar surface area (TPSA) is 38.8 Å². The van der Waals surface area contributed by atoms with E-state index in [0.29, 0.717) is 23.6 Å². The average molecular weight is 316 g/mol. The van der Waals surface area contributed by atoms with Gasteiger partial charge in [0.15, 0.2) is 11.5 Å². The van der Waals surface area contributed by atoms with Crippen molar-refractivity contribution in [2.24, 2.45) is 0 Å². The van der Waals surface area contributed by atoms with Gasteiger partial charge in [-0.05, 0) is 12.1 Å². The number of ether oxygens (including phenoxy) is 2. The second kappa shape index (κ2) is 6.64. The lowest BCUT2D eigenvalue weighted by Crippen LogP contribution is -2.31. The van der Waals surface area contributed by atoms with E-state index in [1.165, 1.54) is 7.11 Å². The minimum Gasteiger partial charge on any atom is -0.493 e. The maximum absolute atomic E-state index is 12.3. The zero-order valence-electron chi connectivity index (χ0n) is 11.1. The van der Waals surface area contributed by atoms with Crippen LogP contribution in [0, 0.1) is 0 Å². The summed E-state index contributed by atoms with van der Waals surface area (Å²) in [6, 6.07) is 5.28. The number of halogens is 1. The number of methoxy groups -OCH3 is 2. The molecule has 0 aliphatic heterocycles. The van der Waals surface area contributed by atoms with Gasteiger partial charge in [0, 0.05) is 18.4 Å². The van der Waals surface area contributed by atoms with Crippen molar-refractivity contribution in [1.82, 2.24) is 4.90 Å². The molecule has 0 saturated carbocycles. The molecule has 0 heterocycles. The molecule has 0 bridgehead atoms. The van der Waals surface area contributed by atoms with Crippen LogP contribution in [0.15, 0.2) is 18.2 Å². The minimum atomic E-state index is -0.0861. The van der Waals surface area contributed by atoms with E-state index in [1.54, 1.807) is 37.3 Å². The van der Waals surface area contributed by atoms with Gasteiger partial charge in [0.1, 0.15) is 0 Å². The Morgan fingerprint density at radius 1 is 1.39 bits per heavy atom. The quantitative estimate of drug-likeness (QED) is 0.784. The standard InChI is InChI=1S/C13H18BrNO3/c1-9(14)8-15(2)13(16)10-6-5-7-11(17-3)12(10)18-4/h5-7,9H,8H2,1-4H3. The van der Waals surface area contributed by atoms with Crippen molar-refractivity contribution < 1.29 is 14.3 Å². The molecule has 0 saturated heterocycles. The van der Waals surface area contributed by atoms with E-state index in [0.717, 1.165) is 0 Å². The number of benzene rings is 1. The van der Waals surface area contributed by atoms with Gasteiger partial charge in [-0.2, -0.15) is 0 Å². The van der Waals surface area contributed by atoms with Gasteiger partial charge in [-0.3, -0.25) is 4.79 Å². The highest BCUT2D eigenvalue weighted by molar-refractivity contribution is 9.09. The van der Waals surface area contributed by atoms with Gasteiger partial charge in [0.2, 0.25) is 0 Å². The molecule has 1 amide bonds. The van der Waals surface area contributed by atoms with Crippen molar-refractivity contribution in [1.29, 1.82) is 0 Å². The normalized spacial score (nSPS) is 11.8. The molecule has 0 aliphatic rings. The number of amides is 1. The molecular formula is C13H18BrNO3. The summed E-state index contributed by atoms with van der Waals surface area (Å²) in [4.78, 5) is 14.2. The van der Waals surface area contributed by atoms with Crippen molar-refractivity contribution in [3.8, 4) is 11.5 Å². The lowest BCUT2D eigenvalue weighted by Gasteiger charge is -2.20. The predicted octanol–water partition coefficient (Wildman–Crippen LogP) is 2.56. The van der Waals surface area contributed by atoms with Crippen molar-refractivity contribution in [2.75, 3.05) is 27.8 Å². The summed E-state index contributed by atoms with van der Waals surface area (Å²) in [6.07, 6.45) is 0. The van der Waals surface area contributed by atoms with Crippen LogP contribution in [-0.2, 0) is 0 Å². The summed E-state index contributed by atoms with van der Waals surface area (Å²) < 4.78 is 10.4. The Morgan fingerprint density at radius 2 is 2.06 bits per heavy atom. The lowest BCUT2D eigenvalue weighted by atomic mass is 10.1. The molecule has 100 valence electrons. The van der Waals surface area contributed by atoms with Gasteiger partial charge in [-0.15, -0.1) is 0 Å². The zero-order valence-corrected chi connectivity index (χ0v) is 12.7. The third kappa shape index (κ3) is 3.38. The molecule has 18 heavy (non-hydrogen) atoms. The summed E-state index contributed by atoms with van der Waals surface area (Å²) in [5.74, 6) is 0.944. The Morgan fingerprint density at radius 3 is 2.56 bits per heavy atom. The van der Waals surface area contributed by atoms with Crippen LogP contribution in [0.4, 0.5) is 0 Å². The number of hydrogen-bond donors (Lipinski definition) is 0. The van der Waals surface area contributed by atoms with E-state index in [1.807, 2.05) is 6.92 Å². The Hall–Kier alpha value is -1.23. The predicted molar refractivity (Wildman–Crippen MR) is 74.9 cm³/mol. The van der Waals surface area contributed by atoms with Crippen molar-refractivity contribution in [3.05, 3.63) is 23.8 Å². The second-order valence-corrected chi connectivity index (χ2v) is 5.57. The highest BCUT2D eigenvalue weighted by Gasteiger charge is 2.20. The maximum Gasteiger partial charge on any atom is 0.257 e. The minimum absolute atomic E-state index is 0.0861. The van der Waals surface area contributed by atoms with Gasteiger partial charge in [0.05, 0.1) is 19.8 Å². The molecule has 0 fully saturated rings. The first-order chi connectivity index (χ1) is 8.51. The lowest BCUT2D eigenvalue weighted by molar-refractivity contribution is 0.0793. The van der Waals surface area contributed by atoms with E-state index < -0.39 is 0 Å². The van der Waals surface area contributed by atoms with Crippen LogP contribution in [0.5, 0.6) is 11.5 Å². The van der Waals surface area contributed by atoms with Crippen LogP contribution in [0.2, 0.25) is 0 Å². The molecule has 5 heteroatoms. The second-order valence-electron chi connectivity index (χ2n) is 4.01. The van der Waals surface area contributed by atoms with Gasteiger partial charge in [-0.1, -0.05) is 28.9 Å². The fourth-order valence-corrected chi connectivity index (χ4v) is 2.16. The smallest absolute Gasteiger partial charge is 0.257 e. The highest BCUT2D eigenvalue weighted by atomic mass is 79.9. The SMILES string of the molecule is COc1cccc(C(=O)N(C)CC(C)Br)c1OC. The van der Waals surface area contributed by atoms with Gasteiger partial charge in [0.25, 0.3) is 5.91 Å². The Labute approximate surface area is 116 Å². The number of carbonyl (C=O) groups excluding carboxylic acids is 1. The molecule has 0 spiro atoms. The monoisotopic (exact) mass is 315 g/mol. The number of alkyl halides is 1. The summed E-state index contributed by atoms with van der Waals surface area (Å²) >= 11 is 3.43. The summed E-state index contributed by atoms with van der Waals surface area (Å²) in [5, 5.41) is 0. The van der Waals surface area contributed by atoms with E-state index >= 15 is 0 Å². The van der Waals surface area contributed by atoms with E-state index in [-0.39, 0.29) is 10.7 Å². The zero-order chi connectivity index (χ0) is 13.7. The van der Waals surface area contributed by atoms with Crippen LogP contribution in [0.1, 0.15) is 17.3 Å². The van der Waals surface area contributed by atoms with E-state index in [9.17, 15) is 4.79 Å². The molecule has 0 aliphatic carbocycles. The van der Waals surface area contributed by atoms with Gasteiger partial charge < -0.3 is 14.4 Å². The Balaban J connectivity index is 3.05. The molecule has 1 unspecified atom stereocenters. The molecule has 1 aromatic rings. The summed E-state index contributed by atoms with van der Waals surface area (Å²) in [7, 11) is 4.84. The number of hydrogen-bond acceptors (Lipinski definition) is 3. The molecule has 1 rings (SSSR count). The molecule has 4 nitrogen and oxygen atoms in total. The third-order valence-electron chi connectivity index (χ3n) is 2.51. The van der Waals surface area contributed by atoms with Crippen LogP contribution in [0.3, 0.4) is 0 Å². The van der Waals surface area contributed by atoms with Crippen LogP contribution in [0.25, 0.3) is 0 Å². The fraction of sp³-hybridized carbons (Fsp3) is 0.462. The Kier molecular flexibility index (Phi) is 5.47. The van der Waals surface area contributed by atoms with Gasteiger partial charge >= 0.3 is 0 Å². The molecule has 1 atom stereocenters. The fourth-order valence-electron chi connectivity index (χ4n) is 1.72. The molecular weight excluding hydrogens is 298 g/mol. The molecule has 0 aromatic heterocycles. The third-order valence-corrected chi connectivity index (χ3v) is 2.80. The van der Waals surface area contributed by atoms with E-state index in [4.69, 9.17) is 9.47 Å². The summed E-state index contributed by atoms with van der Waals surface area (Å²) in [5.41, 5.74) is 0.507. The number of rotatable bonds is 5. The average Bonchev–Trinajstić information content (AvgIpc) is 2.35. The van der Waals surface area contributed by atoms with E-state index in [2.05, 4.69) is 15.9 Å². The first-order valence-corrected chi connectivity index (χ1v) is 6.53. The molecule has 0 radical (unpaired) electrons. The van der Waals surface area contributed by atoms with Crippen LogP contribution in [-0.4, -0.2) is 43.4 Å². The Bertz CT molecular complexity index is 421. The van der Waals surface area contributed by atoms with Crippen LogP contribution >= 0.6 is 15.9 Å². The van der Waals surface area contributed by atoms with Crippen molar-refractivity contribution in [3.63, 3.8) is 0 Å². The number of carbonyl (C=O) groups is 1. The molecule has 0 N–H and O–H groups in total. The van der Waals surface area contributed by atoms with Gasteiger partial charge in [-0.25, -0.2) is 0 Å². The number of nitrogens with zero attached hydrogens (tertiary/aromatic N) is 1.